The van der Waals surface area contributed by atoms with Crippen molar-refractivity contribution in [2.75, 3.05) is 18.0 Å². The number of nitrogens with zero attached hydrogens (tertiary/aromatic N) is 2. The van der Waals surface area contributed by atoms with Crippen molar-refractivity contribution < 1.29 is 24.4 Å². The van der Waals surface area contributed by atoms with Gasteiger partial charge in [0.25, 0.3) is 11.6 Å². The van der Waals surface area contributed by atoms with Crippen molar-refractivity contribution in [3.63, 3.8) is 0 Å². The highest BCUT2D eigenvalue weighted by molar-refractivity contribution is 6.35. The first-order valence-corrected chi connectivity index (χ1v) is 13.6. The minimum atomic E-state index is -1.31. The molecule has 0 radical (unpaired) electrons. The molecule has 0 aromatic heterocycles. The summed E-state index contributed by atoms with van der Waals surface area (Å²) in [6.45, 7) is 5.55. The number of nitro groups is 1. The van der Waals surface area contributed by atoms with E-state index in [1.54, 1.807) is 48.5 Å². The maximum absolute atomic E-state index is 13.1. The largest absolute Gasteiger partial charge is 0.489 e. The van der Waals surface area contributed by atoms with Gasteiger partial charge in [0.1, 0.15) is 24.0 Å². The third-order valence-corrected chi connectivity index (χ3v) is 7.07. The lowest BCUT2D eigenvalue weighted by atomic mass is 10.0. The molecule has 0 fully saturated rings. The number of hydrogen-bond acceptors (Lipinski definition) is 6. The quantitative estimate of drug-likeness (QED) is 0.162. The highest BCUT2D eigenvalue weighted by atomic mass is 35.5. The number of carbonyl (C=O) groups excluding carboxylic acids is 1. The van der Waals surface area contributed by atoms with Gasteiger partial charge in [0, 0.05) is 46.9 Å². The number of rotatable bonds is 14. The van der Waals surface area contributed by atoms with E-state index in [-0.39, 0.29) is 18.6 Å². The van der Waals surface area contributed by atoms with Crippen LogP contribution in [0, 0.1) is 10.1 Å². The van der Waals surface area contributed by atoms with Gasteiger partial charge in [0.05, 0.1) is 4.92 Å². The van der Waals surface area contributed by atoms with E-state index in [0.29, 0.717) is 39.2 Å². The number of nitro benzene ring substituents is 1. The van der Waals surface area contributed by atoms with Gasteiger partial charge in [0.15, 0.2) is 0 Å². The number of hydrogen-bond donors (Lipinski definition) is 2. The molecule has 212 valence electrons. The Labute approximate surface area is 242 Å². The molecule has 2 N–H and O–H groups in total. The Bertz CT molecular complexity index is 1330. The number of carboxylic acids is 1. The lowest BCUT2D eigenvalue weighted by Gasteiger charge is -2.23. The molecule has 0 saturated carbocycles. The van der Waals surface area contributed by atoms with E-state index in [1.165, 1.54) is 12.1 Å². The molecule has 11 heteroatoms. The normalized spacial score (nSPS) is 11.5. The SMILES string of the molecule is CCCCN(CC)c1ccc([N+](=O)[O-])c(C(=O)NC(Cc2ccc(OCc3c(Cl)cccc3Cl)cc2)C(=O)O)c1. The first-order valence-electron chi connectivity index (χ1n) is 12.9. The lowest BCUT2D eigenvalue weighted by Crippen LogP contribution is -2.42. The summed E-state index contributed by atoms with van der Waals surface area (Å²) in [7, 11) is 0. The number of amides is 1. The first-order chi connectivity index (χ1) is 19.1. The van der Waals surface area contributed by atoms with Crippen molar-refractivity contribution in [3.05, 3.63) is 97.5 Å². The smallest absolute Gasteiger partial charge is 0.326 e. The summed E-state index contributed by atoms with van der Waals surface area (Å²) in [4.78, 5) is 38.2. The summed E-state index contributed by atoms with van der Waals surface area (Å²) in [5, 5.41) is 24.9. The monoisotopic (exact) mass is 587 g/mol. The number of carbonyl (C=O) groups is 2. The van der Waals surface area contributed by atoms with Crippen LogP contribution in [0.25, 0.3) is 0 Å². The van der Waals surface area contributed by atoms with Crippen LogP contribution >= 0.6 is 23.2 Å². The van der Waals surface area contributed by atoms with E-state index in [4.69, 9.17) is 27.9 Å². The van der Waals surface area contributed by atoms with Crippen LogP contribution in [0.1, 0.15) is 48.2 Å². The van der Waals surface area contributed by atoms with Gasteiger partial charge in [-0.1, -0.05) is 54.7 Å². The molecule has 1 atom stereocenters. The van der Waals surface area contributed by atoms with E-state index < -0.39 is 28.5 Å². The van der Waals surface area contributed by atoms with Crippen molar-refractivity contribution in [2.24, 2.45) is 0 Å². The Morgan fingerprint density at radius 2 is 1.75 bits per heavy atom. The zero-order valence-electron chi connectivity index (χ0n) is 22.2. The van der Waals surface area contributed by atoms with Crippen molar-refractivity contribution in [3.8, 4) is 5.75 Å². The molecule has 0 heterocycles. The van der Waals surface area contributed by atoms with Crippen molar-refractivity contribution >= 4 is 46.5 Å². The molecule has 0 spiro atoms. The molecule has 9 nitrogen and oxygen atoms in total. The Morgan fingerprint density at radius 3 is 2.33 bits per heavy atom. The molecule has 1 unspecified atom stereocenters. The van der Waals surface area contributed by atoms with Crippen LogP contribution in [0.4, 0.5) is 11.4 Å². The maximum atomic E-state index is 13.1. The molecule has 3 rings (SSSR count). The number of benzene rings is 3. The van der Waals surface area contributed by atoms with Crippen molar-refractivity contribution in [1.29, 1.82) is 0 Å². The molecular formula is C29H31Cl2N3O6. The molecule has 0 aliphatic heterocycles. The molecule has 0 aliphatic rings. The standard InChI is InChI=1S/C29H31Cl2N3O6/c1-3-5-15-33(4-2)20-11-14-27(34(38)39)22(17-20)28(35)32-26(29(36)37)16-19-9-12-21(13-10-19)40-18-23-24(30)7-6-8-25(23)31/h6-14,17,26H,3-5,15-16,18H2,1-2H3,(H,32,35)(H,36,37). The third-order valence-electron chi connectivity index (χ3n) is 6.36. The number of nitrogens with one attached hydrogen (secondary N) is 1. The number of carboxylic acid groups (broad SMARTS) is 1. The molecule has 3 aromatic carbocycles. The van der Waals surface area contributed by atoms with Gasteiger partial charge in [-0.2, -0.15) is 0 Å². The number of halogens is 2. The van der Waals surface area contributed by atoms with E-state index in [2.05, 4.69) is 12.2 Å². The third kappa shape index (κ3) is 8.09. The fourth-order valence-electron chi connectivity index (χ4n) is 4.10. The second-order valence-corrected chi connectivity index (χ2v) is 9.91. The molecule has 40 heavy (non-hydrogen) atoms. The van der Waals surface area contributed by atoms with Crippen LogP contribution in [-0.4, -0.2) is 41.0 Å². The van der Waals surface area contributed by atoms with E-state index >= 15 is 0 Å². The van der Waals surface area contributed by atoms with Crippen LogP contribution in [0.15, 0.2) is 60.7 Å². The maximum Gasteiger partial charge on any atom is 0.326 e. The minimum Gasteiger partial charge on any atom is -0.489 e. The van der Waals surface area contributed by atoms with Crippen molar-refractivity contribution in [2.45, 2.75) is 45.8 Å². The molecule has 0 aliphatic carbocycles. The van der Waals surface area contributed by atoms with Gasteiger partial charge in [0.2, 0.25) is 0 Å². The van der Waals surface area contributed by atoms with Gasteiger partial charge < -0.3 is 20.1 Å². The van der Waals surface area contributed by atoms with Crippen molar-refractivity contribution in [1.82, 2.24) is 5.32 Å². The summed E-state index contributed by atoms with van der Waals surface area (Å²) < 4.78 is 5.76. The number of anilines is 1. The topological polar surface area (TPSA) is 122 Å². The molecule has 3 aromatic rings. The lowest BCUT2D eigenvalue weighted by molar-refractivity contribution is -0.385. The Morgan fingerprint density at radius 1 is 1.07 bits per heavy atom. The summed E-state index contributed by atoms with van der Waals surface area (Å²) >= 11 is 12.4. The Balaban J connectivity index is 1.73. The predicted molar refractivity (Wildman–Crippen MR) is 156 cm³/mol. The summed E-state index contributed by atoms with van der Waals surface area (Å²) in [5.41, 5.74) is 1.35. The predicted octanol–water partition coefficient (Wildman–Crippen LogP) is 6.53. The summed E-state index contributed by atoms with van der Waals surface area (Å²) in [6.07, 6.45) is 1.85. The van der Waals surface area contributed by atoms with E-state index in [9.17, 15) is 24.8 Å². The second-order valence-electron chi connectivity index (χ2n) is 9.09. The average molecular weight is 588 g/mol. The van der Waals surface area contributed by atoms with Crippen LogP contribution < -0.4 is 15.0 Å². The van der Waals surface area contributed by atoms with Gasteiger partial charge in [-0.3, -0.25) is 14.9 Å². The fraction of sp³-hybridized carbons (Fsp3) is 0.310. The number of ether oxygens (including phenoxy) is 1. The highest BCUT2D eigenvalue weighted by Gasteiger charge is 2.27. The van der Waals surface area contributed by atoms with Crippen LogP contribution in [0.3, 0.4) is 0 Å². The number of unbranched alkanes of at least 4 members (excludes halogenated alkanes) is 1. The van der Waals surface area contributed by atoms with Gasteiger partial charge in [-0.05, 0) is 55.3 Å². The second kappa shape index (κ2) is 14.5. The Hall–Kier alpha value is -3.82. The van der Waals surface area contributed by atoms with Gasteiger partial charge in [-0.25, -0.2) is 4.79 Å². The Kier molecular flexibility index (Phi) is 11.2. The van der Waals surface area contributed by atoms with Gasteiger partial charge in [-0.15, -0.1) is 0 Å². The zero-order valence-corrected chi connectivity index (χ0v) is 23.7. The summed E-state index contributed by atoms with van der Waals surface area (Å²) in [6, 6.07) is 14.9. The zero-order chi connectivity index (χ0) is 29.2. The highest BCUT2D eigenvalue weighted by Crippen LogP contribution is 2.27. The van der Waals surface area contributed by atoms with Crippen LogP contribution in [0.5, 0.6) is 5.75 Å². The van der Waals surface area contributed by atoms with Crippen LogP contribution in [0.2, 0.25) is 10.0 Å². The van der Waals surface area contributed by atoms with E-state index in [0.717, 1.165) is 19.4 Å². The minimum absolute atomic E-state index is 0.0389. The fourth-order valence-corrected chi connectivity index (χ4v) is 4.61. The first kappa shape index (κ1) is 30.7. The van der Waals surface area contributed by atoms with Crippen LogP contribution in [-0.2, 0) is 17.8 Å². The molecule has 1 amide bonds. The number of aliphatic carboxylic acids is 1. The molecule has 0 bridgehead atoms. The van der Waals surface area contributed by atoms with E-state index in [1.807, 2.05) is 11.8 Å². The summed E-state index contributed by atoms with van der Waals surface area (Å²) in [5.74, 6) is -1.57. The van der Waals surface area contributed by atoms with Gasteiger partial charge >= 0.3 is 5.97 Å². The molecular weight excluding hydrogens is 557 g/mol. The average Bonchev–Trinajstić information content (AvgIpc) is 2.93. The molecule has 0 saturated heterocycles.